The summed E-state index contributed by atoms with van der Waals surface area (Å²) in [5, 5.41) is 0.488. The first-order valence-electron chi connectivity index (χ1n) is 6.71. The van der Waals surface area contributed by atoms with Crippen LogP contribution in [0.4, 0.5) is 0 Å². The molecule has 0 bridgehead atoms. The van der Waals surface area contributed by atoms with Crippen molar-refractivity contribution in [2.24, 2.45) is 0 Å². The molecule has 19 heavy (non-hydrogen) atoms. The fourth-order valence-corrected chi connectivity index (χ4v) is 4.28. The SMILES string of the molecule is CCC(CBr)(CCS(=O)(=O)C(C)C)c1ccccc1. The van der Waals surface area contributed by atoms with Crippen LogP contribution in [0.3, 0.4) is 0 Å². The van der Waals surface area contributed by atoms with Gasteiger partial charge in [0.15, 0.2) is 9.84 Å². The van der Waals surface area contributed by atoms with Crippen molar-refractivity contribution in [2.75, 3.05) is 11.1 Å². The maximum absolute atomic E-state index is 12.0. The zero-order valence-electron chi connectivity index (χ0n) is 11.9. The molecule has 108 valence electrons. The van der Waals surface area contributed by atoms with E-state index < -0.39 is 9.84 Å². The predicted molar refractivity (Wildman–Crippen MR) is 85.7 cm³/mol. The zero-order valence-corrected chi connectivity index (χ0v) is 14.3. The summed E-state index contributed by atoms with van der Waals surface area (Å²) >= 11 is 3.58. The van der Waals surface area contributed by atoms with Gasteiger partial charge in [0.1, 0.15) is 0 Å². The van der Waals surface area contributed by atoms with E-state index >= 15 is 0 Å². The summed E-state index contributed by atoms with van der Waals surface area (Å²) in [6.07, 6.45) is 1.59. The number of sulfone groups is 1. The molecular formula is C15H23BrO2S. The molecule has 1 rings (SSSR count). The van der Waals surface area contributed by atoms with Crippen LogP contribution in [0.15, 0.2) is 30.3 Å². The van der Waals surface area contributed by atoms with E-state index in [0.29, 0.717) is 6.42 Å². The van der Waals surface area contributed by atoms with Crippen molar-refractivity contribution < 1.29 is 8.42 Å². The minimum absolute atomic E-state index is 0.0940. The number of hydrogen-bond donors (Lipinski definition) is 0. The van der Waals surface area contributed by atoms with E-state index in [4.69, 9.17) is 0 Å². The largest absolute Gasteiger partial charge is 0.229 e. The van der Waals surface area contributed by atoms with Crippen LogP contribution in [-0.4, -0.2) is 24.8 Å². The predicted octanol–water partition coefficient (Wildman–Crippen LogP) is 3.94. The topological polar surface area (TPSA) is 34.1 Å². The molecule has 0 aliphatic carbocycles. The molecule has 1 atom stereocenters. The maximum Gasteiger partial charge on any atom is 0.152 e. The fourth-order valence-electron chi connectivity index (χ4n) is 2.13. The van der Waals surface area contributed by atoms with Crippen LogP contribution in [0, 0.1) is 0 Å². The van der Waals surface area contributed by atoms with Crippen molar-refractivity contribution in [3.05, 3.63) is 35.9 Å². The molecule has 0 saturated carbocycles. The molecule has 1 aromatic carbocycles. The van der Waals surface area contributed by atoms with Gasteiger partial charge in [0.25, 0.3) is 0 Å². The van der Waals surface area contributed by atoms with Crippen molar-refractivity contribution >= 4 is 25.8 Å². The van der Waals surface area contributed by atoms with Crippen LogP contribution in [0.5, 0.6) is 0 Å². The van der Waals surface area contributed by atoms with Crippen LogP contribution in [0.25, 0.3) is 0 Å². The van der Waals surface area contributed by atoms with E-state index in [1.54, 1.807) is 13.8 Å². The lowest BCUT2D eigenvalue weighted by atomic mass is 9.78. The van der Waals surface area contributed by atoms with Gasteiger partial charge < -0.3 is 0 Å². The Kier molecular flexibility index (Phi) is 6.06. The first kappa shape index (κ1) is 16.7. The van der Waals surface area contributed by atoms with Gasteiger partial charge in [-0.1, -0.05) is 53.2 Å². The summed E-state index contributed by atoms with van der Waals surface area (Å²) in [5.74, 6) is 0.249. The average molecular weight is 347 g/mol. The maximum atomic E-state index is 12.0. The lowest BCUT2D eigenvalue weighted by molar-refractivity contribution is 0.448. The van der Waals surface area contributed by atoms with Crippen molar-refractivity contribution in [2.45, 2.75) is 44.3 Å². The molecule has 1 aromatic rings. The molecule has 0 fully saturated rings. The summed E-state index contributed by atoms with van der Waals surface area (Å²) in [6, 6.07) is 10.2. The highest BCUT2D eigenvalue weighted by molar-refractivity contribution is 9.09. The Labute approximate surface area is 125 Å². The van der Waals surface area contributed by atoms with Crippen molar-refractivity contribution in [3.8, 4) is 0 Å². The molecule has 1 unspecified atom stereocenters. The van der Waals surface area contributed by atoms with Gasteiger partial charge in [-0.2, -0.15) is 0 Å². The molecule has 0 amide bonds. The minimum atomic E-state index is -2.98. The molecule has 4 heteroatoms. The second-order valence-corrected chi connectivity index (χ2v) is 8.54. The van der Waals surface area contributed by atoms with Crippen LogP contribution < -0.4 is 0 Å². The molecule has 0 aromatic heterocycles. The van der Waals surface area contributed by atoms with Gasteiger partial charge in [-0.3, -0.25) is 0 Å². The molecule has 0 N–H and O–H groups in total. The van der Waals surface area contributed by atoms with Crippen molar-refractivity contribution in [3.63, 3.8) is 0 Å². The standard InChI is InChI=1S/C15H23BrO2S/c1-4-15(12-16,14-8-6-5-7-9-14)10-11-19(17,18)13(2)3/h5-9,13H,4,10-12H2,1-3H3. The molecule has 2 nitrogen and oxygen atoms in total. The molecule has 0 aliphatic rings. The first-order chi connectivity index (χ1) is 8.88. The number of hydrogen-bond acceptors (Lipinski definition) is 2. The Hall–Kier alpha value is -0.350. The highest BCUT2D eigenvalue weighted by Crippen LogP contribution is 2.34. The van der Waals surface area contributed by atoms with Gasteiger partial charge >= 0.3 is 0 Å². The molecular weight excluding hydrogens is 324 g/mol. The monoisotopic (exact) mass is 346 g/mol. The zero-order chi connectivity index (χ0) is 14.5. The Morgan fingerprint density at radius 2 is 1.79 bits per heavy atom. The highest BCUT2D eigenvalue weighted by atomic mass is 79.9. The Bertz CT molecular complexity index is 476. The van der Waals surface area contributed by atoms with Crippen LogP contribution in [-0.2, 0) is 15.3 Å². The summed E-state index contributed by atoms with van der Waals surface area (Å²) in [4.78, 5) is 0. The molecule has 0 aliphatic heterocycles. The quantitative estimate of drug-likeness (QED) is 0.700. The normalized spacial score (nSPS) is 15.4. The third-order valence-corrected chi connectivity index (χ3v) is 7.19. The average Bonchev–Trinajstić information content (AvgIpc) is 2.41. The van der Waals surface area contributed by atoms with E-state index in [9.17, 15) is 8.42 Å². The number of alkyl halides is 1. The first-order valence-corrected chi connectivity index (χ1v) is 9.55. The molecule has 0 radical (unpaired) electrons. The third-order valence-electron chi connectivity index (χ3n) is 3.90. The lowest BCUT2D eigenvalue weighted by Crippen LogP contribution is -2.31. The smallest absolute Gasteiger partial charge is 0.152 e. The molecule has 0 heterocycles. The van der Waals surface area contributed by atoms with Gasteiger partial charge in [-0.15, -0.1) is 0 Å². The van der Waals surface area contributed by atoms with Gasteiger partial charge in [0.05, 0.1) is 11.0 Å². The molecule has 0 saturated heterocycles. The summed E-state index contributed by atoms with van der Waals surface area (Å²) in [7, 11) is -2.98. The highest BCUT2D eigenvalue weighted by Gasteiger charge is 2.31. The van der Waals surface area contributed by atoms with E-state index in [2.05, 4.69) is 35.0 Å². The van der Waals surface area contributed by atoms with E-state index in [1.807, 2.05) is 18.2 Å². The van der Waals surface area contributed by atoms with Gasteiger partial charge in [0.2, 0.25) is 0 Å². The van der Waals surface area contributed by atoms with Gasteiger partial charge in [-0.25, -0.2) is 8.42 Å². The van der Waals surface area contributed by atoms with Crippen LogP contribution in [0.2, 0.25) is 0 Å². The van der Waals surface area contributed by atoms with Crippen LogP contribution >= 0.6 is 15.9 Å². The summed E-state index contributed by atoms with van der Waals surface area (Å²) < 4.78 is 24.0. The summed E-state index contributed by atoms with van der Waals surface area (Å²) in [5.41, 5.74) is 1.12. The second kappa shape index (κ2) is 6.89. The number of benzene rings is 1. The van der Waals surface area contributed by atoms with Crippen molar-refractivity contribution in [1.29, 1.82) is 0 Å². The van der Waals surface area contributed by atoms with Crippen LogP contribution in [0.1, 0.15) is 39.2 Å². The number of halogens is 1. The van der Waals surface area contributed by atoms with Gasteiger partial charge in [0, 0.05) is 10.7 Å². The van der Waals surface area contributed by atoms with Gasteiger partial charge in [-0.05, 0) is 32.3 Å². The van der Waals surface area contributed by atoms with E-state index in [1.165, 1.54) is 5.56 Å². The summed E-state index contributed by atoms with van der Waals surface area (Å²) in [6.45, 7) is 5.62. The number of rotatable bonds is 7. The second-order valence-electron chi connectivity index (χ2n) is 5.30. The van der Waals surface area contributed by atoms with E-state index in [-0.39, 0.29) is 16.4 Å². The van der Waals surface area contributed by atoms with E-state index in [0.717, 1.165) is 11.8 Å². The Balaban J connectivity index is 2.97. The molecule has 0 spiro atoms. The minimum Gasteiger partial charge on any atom is -0.229 e. The fraction of sp³-hybridized carbons (Fsp3) is 0.600. The lowest BCUT2D eigenvalue weighted by Gasteiger charge is -2.31. The third kappa shape index (κ3) is 4.06. The van der Waals surface area contributed by atoms with Crippen molar-refractivity contribution in [1.82, 2.24) is 0 Å². The Morgan fingerprint density at radius 3 is 2.21 bits per heavy atom. The Morgan fingerprint density at radius 1 is 1.21 bits per heavy atom.